The molecule has 1 saturated carbocycles. The molecule has 0 radical (unpaired) electrons. The number of aryl methyl sites for hydroxylation is 1. The van der Waals surface area contributed by atoms with E-state index in [2.05, 4.69) is 11.9 Å². The first kappa shape index (κ1) is 30.3. The Morgan fingerprint density at radius 1 is 1.13 bits per heavy atom. The highest BCUT2D eigenvalue weighted by molar-refractivity contribution is 5.75. The molecule has 1 aliphatic carbocycles. The van der Waals surface area contributed by atoms with Crippen molar-refractivity contribution in [2.75, 3.05) is 6.61 Å². The highest BCUT2D eigenvalue weighted by Gasteiger charge is 2.33. The minimum Gasteiger partial charge on any atom is -0.466 e. The second-order valence-corrected chi connectivity index (χ2v) is 10.9. The molecule has 1 aliphatic rings. The monoisotopic (exact) mass is 545 g/mol. The van der Waals surface area contributed by atoms with E-state index in [9.17, 15) is 14.0 Å². The fourth-order valence-corrected chi connectivity index (χ4v) is 4.59. The second kappa shape index (κ2) is 13.2. The lowest BCUT2D eigenvalue weighted by Gasteiger charge is -2.25. The normalized spacial score (nSPS) is 14.0. The number of nitrogens with one attached hydrogen (secondary N) is 1. The lowest BCUT2D eigenvalue weighted by atomic mass is 9.89. The van der Waals surface area contributed by atoms with Crippen LogP contribution in [0.4, 0.5) is 18.0 Å². The summed E-state index contributed by atoms with van der Waals surface area (Å²) in [6, 6.07) is 4.04. The summed E-state index contributed by atoms with van der Waals surface area (Å²) in [5, 5.41) is 2.61. The van der Waals surface area contributed by atoms with Crippen molar-refractivity contribution in [2.45, 2.75) is 90.2 Å². The predicted molar refractivity (Wildman–Crippen MR) is 145 cm³/mol. The smallest absolute Gasteiger partial charge is 0.408 e. The molecule has 2 aromatic rings. The van der Waals surface area contributed by atoms with Crippen LogP contribution in [0.2, 0.25) is 0 Å². The van der Waals surface area contributed by atoms with E-state index in [4.69, 9.17) is 9.47 Å². The topological polar surface area (TPSA) is 64.6 Å². The molecule has 0 spiro atoms. The van der Waals surface area contributed by atoms with Crippen molar-refractivity contribution < 1.29 is 32.2 Å². The van der Waals surface area contributed by atoms with E-state index in [1.54, 1.807) is 39.8 Å². The Kier molecular flexibility index (Phi) is 10.2. The number of unbranched alkanes of at least 4 members (excludes halogenated alkanes) is 2. The predicted octanol–water partition coefficient (Wildman–Crippen LogP) is 8.07. The number of esters is 1. The fourth-order valence-electron chi connectivity index (χ4n) is 4.59. The van der Waals surface area contributed by atoms with Gasteiger partial charge in [0, 0.05) is 17.2 Å². The van der Waals surface area contributed by atoms with Crippen molar-refractivity contribution >= 4 is 12.1 Å². The van der Waals surface area contributed by atoms with Crippen LogP contribution in [-0.2, 0) is 20.7 Å². The Balaban J connectivity index is 2.12. The third-order valence-electron chi connectivity index (χ3n) is 6.42. The number of alkyl carbamates (subject to hydrolysis) is 1. The highest BCUT2D eigenvalue weighted by Crippen LogP contribution is 2.45. The van der Waals surface area contributed by atoms with Gasteiger partial charge in [0.1, 0.15) is 23.1 Å². The molecule has 1 N–H and O–H groups in total. The van der Waals surface area contributed by atoms with Gasteiger partial charge in [0.25, 0.3) is 0 Å². The molecule has 0 bridgehead atoms. The molecule has 39 heavy (non-hydrogen) atoms. The maximum Gasteiger partial charge on any atom is 0.408 e. The van der Waals surface area contributed by atoms with Gasteiger partial charge in [0.15, 0.2) is 0 Å². The summed E-state index contributed by atoms with van der Waals surface area (Å²) in [6.07, 6.45) is 4.86. The van der Waals surface area contributed by atoms with Gasteiger partial charge in [0.05, 0.1) is 19.1 Å². The quantitative estimate of drug-likeness (QED) is 0.166. The summed E-state index contributed by atoms with van der Waals surface area (Å²) in [5.41, 5.74) is 0.599. The van der Waals surface area contributed by atoms with Crippen LogP contribution in [0.1, 0.15) is 94.9 Å². The largest absolute Gasteiger partial charge is 0.466 e. The van der Waals surface area contributed by atoms with Gasteiger partial charge < -0.3 is 14.8 Å². The van der Waals surface area contributed by atoms with Gasteiger partial charge in [-0.2, -0.15) is 0 Å². The molecule has 8 heteroatoms. The van der Waals surface area contributed by atoms with Gasteiger partial charge in [0.2, 0.25) is 0 Å². The van der Waals surface area contributed by atoms with E-state index in [1.165, 1.54) is 12.1 Å². The summed E-state index contributed by atoms with van der Waals surface area (Å²) >= 11 is 0. The number of halogens is 3. The van der Waals surface area contributed by atoms with Crippen molar-refractivity contribution in [3.63, 3.8) is 0 Å². The van der Waals surface area contributed by atoms with Crippen LogP contribution in [0.25, 0.3) is 11.1 Å². The molecule has 0 heterocycles. The highest BCUT2D eigenvalue weighted by atomic mass is 19.1. The van der Waals surface area contributed by atoms with Crippen molar-refractivity contribution in [1.29, 1.82) is 0 Å². The van der Waals surface area contributed by atoms with Gasteiger partial charge in [-0.1, -0.05) is 6.08 Å². The van der Waals surface area contributed by atoms with Crippen LogP contribution in [0.5, 0.6) is 0 Å². The first-order chi connectivity index (χ1) is 18.4. The van der Waals surface area contributed by atoms with E-state index in [0.29, 0.717) is 29.5 Å². The van der Waals surface area contributed by atoms with Crippen molar-refractivity contribution in [3.05, 3.63) is 71.1 Å². The first-order valence-electron chi connectivity index (χ1n) is 13.5. The van der Waals surface area contributed by atoms with Crippen LogP contribution in [0.3, 0.4) is 0 Å². The van der Waals surface area contributed by atoms with E-state index in [0.717, 1.165) is 31.7 Å². The van der Waals surface area contributed by atoms with Crippen molar-refractivity contribution in [3.8, 4) is 11.1 Å². The van der Waals surface area contributed by atoms with Crippen LogP contribution < -0.4 is 5.32 Å². The molecule has 1 atom stereocenters. The summed E-state index contributed by atoms with van der Waals surface area (Å²) in [7, 11) is 0. The van der Waals surface area contributed by atoms with E-state index in [1.807, 2.05) is 0 Å². The third-order valence-corrected chi connectivity index (χ3v) is 6.42. The average molecular weight is 546 g/mol. The molecule has 0 aromatic heterocycles. The molecule has 2 aromatic carbocycles. The summed E-state index contributed by atoms with van der Waals surface area (Å²) in [5.74, 6) is -2.71. The van der Waals surface area contributed by atoms with Crippen LogP contribution in [0, 0.1) is 17.5 Å². The lowest BCUT2D eigenvalue weighted by molar-refractivity contribution is -0.143. The third kappa shape index (κ3) is 8.60. The van der Waals surface area contributed by atoms with Crippen LogP contribution >= 0.6 is 0 Å². The number of carbonyl (C=O) groups excluding carboxylic acids is 2. The molecular formula is C31H38F3NO4. The molecular weight excluding hydrogens is 507 g/mol. The Morgan fingerprint density at radius 2 is 1.85 bits per heavy atom. The van der Waals surface area contributed by atoms with E-state index in [-0.39, 0.29) is 30.1 Å². The molecule has 0 saturated heterocycles. The maximum atomic E-state index is 16.0. The molecule has 212 valence electrons. The first-order valence-corrected chi connectivity index (χ1v) is 13.5. The van der Waals surface area contributed by atoms with Gasteiger partial charge in [-0.3, -0.25) is 4.79 Å². The van der Waals surface area contributed by atoms with Crippen LogP contribution in [0.15, 0.2) is 36.9 Å². The Bertz CT molecular complexity index is 1200. The number of hydrogen-bond acceptors (Lipinski definition) is 4. The van der Waals surface area contributed by atoms with Crippen molar-refractivity contribution in [1.82, 2.24) is 5.32 Å². The number of rotatable bonds is 12. The van der Waals surface area contributed by atoms with Gasteiger partial charge in [-0.05, 0) is 107 Å². The van der Waals surface area contributed by atoms with Crippen LogP contribution in [-0.4, -0.2) is 24.3 Å². The Morgan fingerprint density at radius 3 is 2.46 bits per heavy atom. The molecule has 0 aliphatic heterocycles. The number of allylic oxidation sites excluding steroid dienone is 1. The van der Waals surface area contributed by atoms with Gasteiger partial charge in [-0.15, -0.1) is 6.58 Å². The number of hydrogen-bond donors (Lipinski definition) is 1. The van der Waals surface area contributed by atoms with E-state index >= 15 is 8.78 Å². The Hall–Kier alpha value is -3.29. The summed E-state index contributed by atoms with van der Waals surface area (Å²) in [6.45, 7) is 10.5. The lowest BCUT2D eigenvalue weighted by Crippen LogP contribution is -2.36. The molecule has 1 amide bonds. The Labute approximate surface area is 228 Å². The summed E-state index contributed by atoms with van der Waals surface area (Å²) in [4.78, 5) is 25.1. The second-order valence-electron chi connectivity index (χ2n) is 10.9. The molecule has 5 nitrogen and oxygen atoms in total. The minimum atomic E-state index is -1.13. The number of carbonyl (C=O) groups is 2. The fraction of sp³-hybridized carbons (Fsp3) is 0.484. The SMILES string of the molecule is C=CCCCCc1cc(F)cc(F)c1-c1cc(C2CC2)c(F)c([C@H](CC(=O)OCC)NC(=O)OC(C)(C)C)c1. The summed E-state index contributed by atoms with van der Waals surface area (Å²) < 4.78 is 56.0. The van der Waals surface area contributed by atoms with Gasteiger partial charge in [-0.25, -0.2) is 18.0 Å². The zero-order chi connectivity index (χ0) is 28.7. The zero-order valence-corrected chi connectivity index (χ0v) is 23.2. The van der Waals surface area contributed by atoms with Gasteiger partial charge >= 0.3 is 12.1 Å². The van der Waals surface area contributed by atoms with Crippen molar-refractivity contribution in [2.24, 2.45) is 0 Å². The number of ether oxygens (including phenoxy) is 2. The maximum absolute atomic E-state index is 16.0. The zero-order valence-electron chi connectivity index (χ0n) is 23.2. The minimum absolute atomic E-state index is 0.0228. The standard InChI is InChI=1S/C31H38F3NO4/c1-6-8-9-10-11-20-14-22(32)17-25(33)28(20)21-15-23(19-12-13-19)29(34)24(16-21)26(18-27(36)38-7-2)35-30(37)39-31(3,4)5/h6,14-17,19,26H,1,7-13,18H2,2-5H3,(H,35,37)/t26-/m0/s1. The van der Waals surface area contributed by atoms with E-state index < -0.39 is 41.2 Å². The molecule has 3 rings (SSSR count). The molecule has 0 unspecified atom stereocenters. The average Bonchev–Trinajstić information content (AvgIpc) is 3.66. The number of amides is 1. The molecule has 1 fully saturated rings. The number of benzene rings is 2.